The van der Waals surface area contributed by atoms with Crippen molar-refractivity contribution in [1.82, 2.24) is 0 Å². The first-order chi connectivity index (χ1) is 5.12. The molecule has 0 aromatic rings. The zero-order valence-electron chi connectivity index (χ0n) is 7.64. The van der Waals surface area contributed by atoms with Crippen molar-refractivity contribution in [3.63, 3.8) is 0 Å². The van der Waals surface area contributed by atoms with Gasteiger partial charge < -0.3 is 5.73 Å². The lowest BCUT2D eigenvalue weighted by Gasteiger charge is -2.32. The third-order valence-corrected chi connectivity index (χ3v) is 2.66. The van der Waals surface area contributed by atoms with Crippen molar-refractivity contribution in [1.29, 1.82) is 0 Å². The van der Waals surface area contributed by atoms with Gasteiger partial charge in [0.15, 0.2) is 0 Å². The van der Waals surface area contributed by atoms with Gasteiger partial charge in [0.05, 0.1) is 0 Å². The summed E-state index contributed by atoms with van der Waals surface area (Å²) in [6.07, 6.45) is 6.79. The van der Waals surface area contributed by atoms with Crippen LogP contribution in [0.2, 0.25) is 0 Å². The first-order valence-electron chi connectivity index (χ1n) is 4.41. The Morgan fingerprint density at radius 3 is 2.25 bits per heavy atom. The lowest BCUT2D eigenvalue weighted by atomic mass is 9.73. The fourth-order valence-corrected chi connectivity index (χ4v) is 2.00. The van der Waals surface area contributed by atoms with Crippen molar-refractivity contribution in [2.45, 2.75) is 45.4 Å². The normalized spacial score (nSPS) is 21.1. The van der Waals surface area contributed by atoms with Crippen LogP contribution in [0.15, 0.2) is 0 Å². The average molecular weight is 192 g/mol. The predicted octanol–water partition coefficient (Wildman–Crippen LogP) is 2.25. The SMILES string of the molecule is CC1(CC(N)=O)CCCCC1.Cl. The Labute approximate surface area is 80.3 Å². The van der Waals surface area contributed by atoms with Crippen molar-refractivity contribution >= 4 is 18.3 Å². The van der Waals surface area contributed by atoms with Gasteiger partial charge in [0.25, 0.3) is 0 Å². The summed E-state index contributed by atoms with van der Waals surface area (Å²) in [6.45, 7) is 2.18. The van der Waals surface area contributed by atoms with Crippen LogP contribution in [0.25, 0.3) is 0 Å². The van der Waals surface area contributed by atoms with E-state index in [4.69, 9.17) is 5.73 Å². The van der Waals surface area contributed by atoms with Gasteiger partial charge in [-0.2, -0.15) is 0 Å². The molecule has 3 heteroatoms. The Hall–Kier alpha value is -0.240. The Kier molecular flexibility index (Phi) is 4.61. The minimum absolute atomic E-state index is 0. The molecule has 0 saturated heterocycles. The molecule has 1 amide bonds. The highest BCUT2D eigenvalue weighted by Crippen LogP contribution is 2.38. The lowest BCUT2D eigenvalue weighted by Crippen LogP contribution is -2.27. The molecule has 1 aliphatic rings. The maximum atomic E-state index is 10.7. The second-order valence-electron chi connectivity index (χ2n) is 4.01. The van der Waals surface area contributed by atoms with E-state index in [0.717, 1.165) is 0 Å². The number of halogens is 1. The number of carbonyl (C=O) groups is 1. The Bertz CT molecular complexity index is 153. The first-order valence-corrected chi connectivity index (χ1v) is 4.41. The second kappa shape index (κ2) is 4.70. The Morgan fingerprint density at radius 1 is 1.33 bits per heavy atom. The fraction of sp³-hybridized carbons (Fsp3) is 0.889. The van der Waals surface area contributed by atoms with Crippen LogP contribution in [-0.4, -0.2) is 5.91 Å². The van der Waals surface area contributed by atoms with E-state index in [1.54, 1.807) is 0 Å². The molecule has 1 rings (SSSR count). The highest BCUT2D eigenvalue weighted by Gasteiger charge is 2.28. The molecule has 0 spiro atoms. The molecule has 0 aliphatic heterocycles. The maximum Gasteiger partial charge on any atom is 0.217 e. The van der Waals surface area contributed by atoms with E-state index in [1.165, 1.54) is 32.1 Å². The Morgan fingerprint density at radius 2 is 1.83 bits per heavy atom. The fourth-order valence-electron chi connectivity index (χ4n) is 2.00. The molecule has 0 aromatic heterocycles. The molecule has 1 saturated carbocycles. The van der Waals surface area contributed by atoms with Gasteiger partial charge in [0, 0.05) is 6.42 Å². The largest absolute Gasteiger partial charge is 0.370 e. The van der Waals surface area contributed by atoms with Gasteiger partial charge >= 0.3 is 0 Å². The number of carbonyl (C=O) groups excluding carboxylic acids is 1. The van der Waals surface area contributed by atoms with Gasteiger partial charge in [-0.05, 0) is 18.3 Å². The highest BCUT2D eigenvalue weighted by molar-refractivity contribution is 5.85. The third-order valence-electron chi connectivity index (χ3n) is 2.66. The third kappa shape index (κ3) is 3.44. The lowest BCUT2D eigenvalue weighted by molar-refractivity contribution is -0.120. The first kappa shape index (κ1) is 11.8. The van der Waals surface area contributed by atoms with Gasteiger partial charge in [-0.3, -0.25) is 4.79 Å². The highest BCUT2D eigenvalue weighted by atomic mass is 35.5. The van der Waals surface area contributed by atoms with E-state index >= 15 is 0 Å². The summed E-state index contributed by atoms with van der Waals surface area (Å²) in [5.74, 6) is -0.144. The van der Waals surface area contributed by atoms with E-state index in [1.807, 2.05) is 0 Å². The smallest absolute Gasteiger partial charge is 0.217 e. The summed E-state index contributed by atoms with van der Waals surface area (Å²) in [5.41, 5.74) is 5.40. The molecule has 1 fully saturated rings. The summed E-state index contributed by atoms with van der Waals surface area (Å²) < 4.78 is 0. The summed E-state index contributed by atoms with van der Waals surface area (Å²) in [5, 5.41) is 0. The standard InChI is InChI=1S/C9H17NO.ClH/c1-9(7-8(10)11)5-3-2-4-6-9;/h2-7H2,1H3,(H2,10,11);1H. The van der Waals surface area contributed by atoms with Crippen LogP contribution in [0.1, 0.15) is 45.4 Å². The van der Waals surface area contributed by atoms with E-state index in [-0.39, 0.29) is 23.7 Å². The molecule has 0 radical (unpaired) electrons. The van der Waals surface area contributed by atoms with Crippen molar-refractivity contribution < 1.29 is 4.79 Å². The van der Waals surface area contributed by atoms with Crippen LogP contribution in [0.4, 0.5) is 0 Å². The molecule has 2 N–H and O–H groups in total. The van der Waals surface area contributed by atoms with Gasteiger partial charge in [0.1, 0.15) is 0 Å². The van der Waals surface area contributed by atoms with E-state index in [2.05, 4.69) is 6.92 Å². The maximum absolute atomic E-state index is 10.7. The Balaban J connectivity index is 0.00000121. The van der Waals surface area contributed by atoms with E-state index in [0.29, 0.717) is 6.42 Å². The van der Waals surface area contributed by atoms with E-state index < -0.39 is 0 Å². The molecular weight excluding hydrogens is 174 g/mol. The number of hydrogen-bond acceptors (Lipinski definition) is 1. The molecule has 0 bridgehead atoms. The topological polar surface area (TPSA) is 43.1 Å². The number of primary amides is 1. The van der Waals surface area contributed by atoms with Crippen LogP contribution >= 0.6 is 12.4 Å². The number of rotatable bonds is 2. The van der Waals surface area contributed by atoms with E-state index in [9.17, 15) is 4.79 Å². The molecule has 0 aromatic carbocycles. The van der Waals surface area contributed by atoms with Gasteiger partial charge in [-0.15, -0.1) is 12.4 Å². The summed E-state index contributed by atoms with van der Waals surface area (Å²) >= 11 is 0. The molecule has 0 unspecified atom stereocenters. The molecule has 0 heterocycles. The van der Waals surface area contributed by atoms with Gasteiger partial charge in [-0.25, -0.2) is 0 Å². The zero-order valence-corrected chi connectivity index (χ0v) is 8.45. The van der Waals surface area contributed by atoms with Crippen LogP contribution < -0.4 is 5.73 Å². The second-order valence-corrected chi connectivity index (χ2v) is 4.01. The van der Waals surface area contributed by atoms with Crippen LogP contribution in [0.5, 0.6) is 0 Å². The van der Waals surface area contributed by atoms with Gasteiger partial charge in [-0.1, -0.05) is 26.2 Å². The molecule has 1 aliphatic carbocycles. The summed E-state index contributed by atoms with van der Waals surface area (Å²) in [6, 6.07) is 0. The van der Waals surface area contributed by atoms with Crippen molar-refractivity contribution in [2.24, 2.45) is 11.1 Å². The van der Waals surface area contributed by atoms with Crippen molar-refractivity contribution in [3.8, 4) is 0 Å². The van der Waals surface area contributed by atoms with Gasteiger partial charge in [0.2, 0.25) is 5.91 Å². The zero-order chi connectivity index (χ0) is 8.32. The average Bonchev–Trinajstić information content (AvgIpc) is 1.85. The monoisotopic (exact) mass is 191 g/mol. The van der Waals surface area contributed by atoms with Crippen molar-refractivity contribution in [2.75, 3.05) is 0 Å². The number of amides is 1. The number of nitrogens with two attached hydrogens (primary N) is 1. The van der Waals surface area contributed by atoms with Crippen LogP contribution in [0, 0.1) is 5.41 Å². The summed E-state index contributed by atoms with van der Waals surface area (Å²) in [4.78, 5) is 10.7. The van der Waals surface area contributed by atoms with Crippen LogP contribution in [0.3, 0.4) is 0 Å². The summed E-state index contributed by atoms with van der Waals surface area (Å²) in [7, 11) is 0. The quantitative estimate of drug-likeness (QED) is 0.715. The molecular formula is C9H18ClNO. The number of hydrogen-bond donors (Lipinski definition) is 1. The molecule has 2 nitrogen and oxygen atoms in total. The predicted molar refractivity (Wildman–Crippen MR) is 52.3 cm³/mol. The minimum Gasteiger partial charge on any atom is -0.370 e. The van der Waals surface area contributed by atoms with Crippen LogP contribution in [-0.2, 0) is 4.79 Å². The van der Waals surface area contributed by atoms with Crippen molar-refractivity contribution in [3.05, 3.63) is 0 Å². The molecule has 72 valence electrons. The minimum atomic E-state index is -0.144. The molecule has 0 atom stereocenters. The molecule has 12 heavy (non-hydrogen) atoms.